The monoisotopic (exact) mass is 442 g/mol. The van der Waals surface area contributed by atoms with E-state index in [1.54, 1.807) is 33.2 Å². The van der Waals surface area contributed by atoms with Crippen LogP contribution in [0, 0.1) is 20.8 Å². The smallest absolute Gasteiger partial charge is 0.325 e. The van der Waals surface area contributed by atoms with Gasteiger partial charge in [0.05, 0.1) is 5.75 Å². The molecule has 2 aromatic heterocycles. The Bertz CT molecular complexity index is 1240. The number of hydrogen-bond acceptors (Lipinski definition) is 7. The number of para-hydroxylation sites is 1. The molecule has 0 radical (unpaired) electrons. The third-order valence-corrected chi connectivity index (χ3v) is 6.48. The number of aryl methyl sites for hydroxylation is 4. The minimum atomic E-state index is -3.38. The minimum absolute atomic E-state index is 0.00982. The average Bonchev–Trinajstić information content (AvgIpc) is 2.68. The lowest BCUT2D eigenvalue weighted by molar-refractivity contribution is 0.431. The van der Waals surface area contributed by atoms with Gasteiger partial charge in [0, 0.05) is 24.4 Å². The molecule has 0 bridgehead atoms. The van der Waals surface area contributed by atoms with Crippen molar-refractivity contribution in [3.05, 3.63) is 63.3 Å². The quantitative estimate of drug-likeness (QED) is 0.553. The van der Waals surface area contributed by atoms with Gasteiger partial charge in [-0.2, -0.15) is 9.97 Å². The maximum atomic E-state index is 12.4. The fourth-order valence-corrected chi connectivity index (χ4v) is 4.56. The zero-order chi connectivity index (χ0) is 22.8. The lowest BCUT2D eigenvalue weighted by Gasteiger charge is -2.12. The zero-order valence-corrected chi connectivity index (χ0v) is 19.2. The summed E-state index contributed by atoms with van der Waals surface area (Å²) in [6, 6.07) is 7.42. The van der Waals surface area contributed by atoms with E-state index in [1.807, 2.05) is 32.0 Å². The van der Waals surface area contributed by atoms with Crippen molar-refractivity contribution in [1.29, 1.82) is 0 Å². The Hall–Kier alpha value is -3.07. The van der Waals surface area contributed by atoms with Gasteiger partial charge in [-0.3, -0.25) is 4.79 Å². The number of ether oxygens (including phenoxy) is 1. The Morgan fingerprint density at radius 2 is 1.71 bits per heavy atom. The van der Waals surface area contributed by atoms with E-state index in [4.69, 9.17) is 4.74 Å². The molecule has 0 N–H and O–H groups in total. The molecule has 0 saturated carbocycles. The highest BCUT2D eigenvalue weighted by Gasteiger charge is 2.18. The largest absolute Gasteiger partial charge is 0.424 e. The van der Waals surface area contributed by atoms with E-state index >= 15 is 0 Å². The molecule has 8 nitrogen and oxygen atoms in total. The van der Waals surface area contributed by atoms with Crippen LogP contribution in [0.5, 0.6) is 11.8 Å². The Kier molecular flexibility index (Phi) is 6.54. The van der Waals surface area contributed by atoms with Crippen LogP contribution in [-0.4, -0.2) is 33.7 Å². The van der Waals surface area contributed by atoms with Crippen LogP contribution in [0.2, 0.25) is 0 Å². The highest BCUT2D eigenvalue weighted by molar-refractivity contribution is 7.90. The summed E-state index contributed by atoms with van der Waals surface area (Å²) in [4.78, 5) is 25.1. The normalized spacial score (nSPS) is 11.5. The maximum Gasteiger partial charge on any atom is 0.325 e. The van der Waals surface area contributed by atoms with Crippen molar-refractivity contribution in [3.63, 3.8) is 0 Å². The Labute approximate surface area is 181 Å². The highest BCUT2D eigenvalue weighted by atomic mass is 32.2. The minimum Gasteiger partial charge on any atom is -0.424 e. The molecule has 0 amide bonds. The van der Waals surface area contributed by atoms with Gasteiger partial charge in [-0.25, -0.2) is 13.4 Å². The van der Waals surface area contributed by atoms with E-state index in [9.17, 15) is 13.2 Å². The molecule has 164 valence electrons. The van der Waals surface area contributed by atoms with E-state index in [1.165, 1.54) is 4.57 Å². The van der Waals surface area contributed by atoms with Crippen molar-refractivity contribution >= 4 is 9.84 Å². The van der Waals surface area contributed by atoms with Crippen molar-refractivity contribution in [1.82, 2.24) is 19.5 Å². The molecule has 3 aromatic rings. The molecule has 0 fully saturated rings. The fourth-order valence-electron chi connectivity index (χ4n) is 3.27. The standard InChI is InChI=1S/C22H26N4O4S/c1-6-10-31(28,29)13-18-23-20(17-11-16(4)21(27)26(5)12-17)25-22(24-18)30-19-14(2)8-7-9-15(19)3/h7-9,11-12H,6,10,13H2,1-5H3. The van der Waals surface area contributed by atoms with E-state index in [2.05, 4.69) is 15.0 Å². The van der Waals surface area contributed by atoms with Crippen LogP contribution < -0.4 is 10.3 Å². The summed E-state index contributed by atoms with van der Waals surface area (Å²) in [5.41, 5.74) is 2.77. The SMILES string of the molecule is CCCS(=O)(=O)Cc1nc(Oc2c(C)cccc2C)nc(-c2cc(C)c(=O)n(C)c2)n1. The second-order valence-electron chi connectivity index (χ2n) is 7.60. The van der Waals surface area contributed by atoms with Crippen molar-refractivity contribution in [2.24, 2.45) is 7.05 Å². The Morgan fingerprint density at radius 1 is 1.03 bits per heavy atom. The Balaban J connectivity index is 2.13. The predicted molar refractivity (Wildman–Crippen MR) is 119 cm³/mol. The van der Waals surface area contributed by atoms with Crippen molar-refractivity contribution in [2.75, 3.05) is 5.75 Å². The first-order valence-electron chi connectivity index (χ1n) is 9.96. The first kappa shape index (κ1) is 22.6. The van der Waals surface area contributed by atoms with Crippen LogP contribution >= 0.6 is 0 Å². The first-order valence-corrected chi connectivity index (χ1v) is 11.8. The lowest BCUT2D eigenvalue weighted by Crippen LogP contribution is -2.19. The number of pyridine rings is 1. The molecule has 0 aliphatic rings. The summed E-state index contributed by atoms with van der Waals surface area (Å²) in [6.07, 6.45) is 2.11. The van der Waals surface area contributed by atoms with Crippen LogP contribution in [0.15, 0.2) is 35.3 Å². The number of aromatic nitrogens is 4. The number of nitrogens with zero attached hydrogens (tertiary/aromatic N) is 4. The molecule has 0 saturated heterocycles. The summed E-state index contributed by atoms with van der Waals surface area (Å²) < 4.78 is 32.2. The molecule has 0 aliphatic heterocycles. The molecule has 3 rings (SSSR count). The van der Waals surface area contributed by atoms with E-state index in [0.29, 0.717) is 23.3 Å². The summed E-state index contributed by atoms with van der Waals surface area (Å²) in [6.45, 7) is 7.33. The average molecular weight is 443 g/mol. The summed E-state index contributed by atoms with van der Waals surface area (Å²) in [5.74, 6) is 0.686. The molecular weight excluding hydrogens is 416 g/mol. The molecule has 9 heteroatoms. The van der Waals surface area contributed by atoms with Gasteiger partial charge in [0.25, 0.3) is 5.56 Å². The molecule has 1 aromatic carbocycles. The van der Waals surface area contributed by atoms with Gasteiger partial charge in [-0.15, -0.1) is 0 Å². The third kappa shape index (κ3) is 5.35. The highest BCUT2D eigenvalue weighted by Crippen LogP contribution is 2.28. The molecule has 0 spiro atoms. The van der Waals surface area contributed by atoms with Crippen molar-refractivity contribution in [2.45, 2.75) is 39.9 Å². The number of rotatable bonds is 7. The predicted octanol–water partition coefficient (Wildman–Crippen LogP) is 3.28. The van der Waals surface area contributed by atoms with Gasteiger partial charge < -0.3 is 9.30 Å². The van der Waals surface area contributed by atoms with Crippen LogP contribution in [0.4, 0.5) is 0 Å². The van der Waals surface area contributed by atoms with Gasteiger partial charge in [0.2, 0.25) is 0 Å². The van der Waals surface area contributed by atoms with Crippen LogP contribution in [-0.2, 0) is 22.6 Å². The molecule has 31 heavy (non-hydrogen) atoms. The molecular formula is C22H26N4O4S. The van der Waals surface area contributed by atoms with Gasteiger partial charge in [0.15, 0.2) is 21.5 Å². The number of benzene rings is 1. The van der Waals surface area contributed by atoms with Gasteiger partial charge >= 0.3 is 6.01 Å². The maximum absolute atomic E-state index is 12.4. The van der Waals surface area contributed by atoms with E-state index < -0.39 is 9.84 Å². The topological polar surface area (TPSA) is 104 Å². The van der Waals surface area contributed by atoms with Crippen LogP contribution in [0.1, 0.15) is 35.9 Å². The molecule has 0 atom stereocenters. The number of sulfone groups is 1. The lowest BCUT2D eigenvalue weighted by atomic mass is 10.1. The van der Waals surface area contributed by atoms with Gasteiger partial charge in [-0.1, -0.05) is 25.1 Å². The van der Waals surface area contributed by atoms with Crippen LogP contribution in [0.25, 0.3) is 11.4 Å². The van der Waals surface area contributed by atoms with E-state index in [-0.39, 0.29) is 34.7 Å². The Morgan fingerprint density at radius 3 is 2.32 bits per heavy atom. The third-order valence-electron chi connectivity index (χ3n) is 4.75. The van der Waals surface area contributed by atoms with Crippen molar-refractivity contribution in [3.8, 4) is 23.1 Å². The summed E-state index contributed by atoms with van der Waals surface area (Å²) in [5, 5.41) is 0. The van der Waals surface area contributed by atoms with Gasteiger partial charge in [-0.05, 0) is 44.4 Å². The fraction of sp³-hybridized carbons (Fsp3) is 0.364. The van der Waals surface area contributed by atoms with Crippen LogP contribution in [0.3, 0.4) is 0 Å². The molecule has 2 heterocycles. The van der Waals surface area contributed by atoms with E-state index in [0.717, 1.165) is 11.1 Å². The molecule has 0 aliphatic carbocycles. The second kappa shape index (κ2) is 8.97. The zero-order valence-electron chi connectivity index (χ0n) is 18.3. The molecule has 0 unspecified atom stereocenters. The van der Waals surface area contributed by atoms with Gasteiger partial charge in [0.1, 0.15) is 11.5 Å². The van der Waals surface area contributed by atoms with Crippen molar-refractivity contribution < 1.29 is 13.2 Å². The number of hydrogen-bond donors (Lipinski definition) is 0. The summed E-state index contributed by atoms with van der Waals surface area (Å²) in [7, 11) is -1.74. The second-order valence-corrected chi connectivity index (χ2v) is 9.78. The first-order chi connectivity index (χ1) is 14.6. The summed E-state index contributed by atoms with van der Waals surface area (Å²) >= 11 is 0.